The predicted molar refractivity (Wildman–Crippen MR) is 22.0 cm³/mol. The first-order valence-electron chi connectivity index (χ1n) is 2.56. The molecular weight excluding hydrogens is 219 g/mol. The van der Waals surface area contributed by atoms with E-state index in [9.17, 15) is 39.5 Å². The summed E-state index contributed by atoms with van der Waals surface area (Å²) >= 11 is 0. The summed E-state index contributed by atoms with van der Waals surface area (Å²) < 4.78 is 102. The predicted octanol–water partition coefficient (Wildman–Crippen LogP) is 3.08. The molecule has 0 aliphatic heterocycles. The van der Waals surface area contributed by atoms with Crippen LogP contribution in [0.15, 0.2) is 0 Å². The molecule has 80 valence electrons. The number of rotatable bonds is 1. The van der Waals surface area contributed by atoms with E-state index >= 15 is 0 Å². The van der Waals surface area contributed by atoms with Crippen molar-refractivity contribution in [1.82, 2.24) is 0 Å². The van der Waals surface area contributed by atoms with Crippen LogP contribution in [0.2, 0.25) is 0 Å². The molecule has 1 unspecified atom stereocenters. The van der Waals surface area contributed by atoms with Crippen molar-refractivity contribution in [1.29, 1.82) is 0 Å². The average Bonchev–Trinajstić information content (AvgIpc) is 1.81. The molecule has 0 amide bonds. The Labute approximate surface area is 65.3 Å². The molecule has 0 aliphatic rings. The second kappa shape index (κ2) is 2.95. The van der Waals surface area contributed by atoms with Gasteiger partial charge in [0.25, 0.3) is 6.17 Å². The van der Waals surface area contributed by atoms with Crippen LogP contribution in [0.5, 0.6) is 0 Å². The highest BCUT2D eigenvalue weighted by atomic mass is 19.4. The number of alkyl halides is 9. The minimum Gasteiger partial charge on any atom is -0.230 e. The van der Waals surface area contributed by atoms with Crippen molar-refractivity contribution in [2.24, 2.45) is 0 Å². The Morgan fingerprint density at radius 1 is 0.692 bits per heavy atom. The Morgan fingerprint density at radius 3 is 1.08 bits per heavy atom. The fourth-order valence-corrected chi connectivity index (χ4v) is 0.349. The first kappa shape index (κ1) is 12.4. The van der Waals surface area contributed by atoms with Crippen molar-refractivity contribution in [3.05, 3.63) is 0 Å². The lowest BCUT2D eigenvalue weighted by Crippen LogP contribution is -2.51. The van der Waals surface area contributed by atoms with Crippen LogP contribution in [0.3, 0.4) is 0 Å². The molecule has 0 aromatic heterocycles. The molecule has 0 saturated heterocycles. The zero-order valence-corrected chi connectivity index (χ0v) is 5.48. The van der Waals surface area contributed by atoms with Crippen molar-refractivity contribution in [3.63, 3.8) is 0 Å². The Morgan fingerprint density at radius 2 is 1.00 bits per heavy atom. The van der Waals surface area contributed by atoms with E-state index in [1.54, 1.807) is 0 Å². The number of hydrogen-bond acceptors (Lipinski definition) is 0. The monoisotopic (exact) mass is 220 g/mol. The Hall–Kier alpha value is -0.630. The van der Waals surface area contributed by atoms with Crippen LogP contribution in [-0.4, -0.2) is 24.4 Å². The minimum atomic E-state index is -6.55. The number of hydrogen-bond donors (Lipinski definition) is 0. The number of halogens is 9. The van der Waals surface area contributed by atoms with Gasteiger partial charge in [-0.25, -0.2) is 4.39 Å². The van der Waals surface area contributed by atoms with E-state index in [0.29, 0.717) is 0 Å². The van der Waals surface area contributed by atoms with Crippen molar-refractivity contribution in [2.45, 2.75) is 24.4 Å². The zero-order chi connectivity index (χ0) is 11.1. The standard InChI is InChI=1S/C4HF9/c5-1(3(8,9)10)2(6,7)4(11,12)13/h1H. The van der Waals surface area contributed by atoms with Gasteiger partial charge < -0.3 is 0 Å². The minimum absolute atomic E-state index is 5.24. The van der Waals surface area contributed by atoms with E-state index in [1.165, 1.54) is 0 Å². The van der Waals surface area contributed by atoms with Crippen LogP contribution in [0.1, 0.15) is 0 Å². The van der Waals surface area contributed by atoms with Gasteiger partial charge in [-0.2, -0.15) is 35.1 Å². The molecule has 0 heterocycles. The van der Waals surface area contributed by atoms with Crippen LogP contribution < -0.4 is 0 Å². The molecule has 9 heteroatoms. The lowest BCUT2D eigenvalue weighted by molar-refractivity contribution is -0.344. The van der Waals surface area contributed by atoms with Crippen LogP contribution in [-0.2, 0) is 0 Å². The lowest BCUT2D eigenvalue weighted by Gasteiger charge is -2.24. The average molecular weight is 220 g/mol. The molecule has 0 fully saturated rings. The molecule has 13 heavy (non-hydrogen) atoms. The summed E-state index contributed by atoms with van der Waals surface area (Å²) in [4.78, 5) is 0. The summed E-state index contributed by atoms with van der Waals surface area (Å²) in [5.41, 5.74) is 0. The quantitative estimate of drug-likeness (QED) is 0.595. The third-order valence-corrected chi connectivity index (χ3v) is 0.984. The maximum absolute atomic E-state index is 11.6. The van der Waals surface area contributed by atoms with Crippen LogP contribution in [0, 0.1) is 0 Å². The fraction of sp³-hybridized carbons (Fsp3) is 1.00. The molecule has 0 radical (unpaired) electrons. The highest BCUT2D eigenvalue weighted by Crippen LogP contribution is 2.44. The van der Waals surface area contributed by atoms with Crippen molar-refractivity contribution in [2.75, 3.05) is 0 Å². The van der Waals surface area contributed by atoms with Gasteiger partial charge in [0.05, 0.1) is 0 Å². The van der Waals surface area contributed by atoms with Gasteiger partial charge in [0.15, 0.2) is 0 Å². The van der Waals surface area contributed by atoms with E-state index in [-0.39, 0.29) is 0 Å². The van der Waals surface area contributed by atoms with Gasteiger partial charge in [-0.05, 0) is 0 Å². The van der Waals surface area contributed by atoms with Crippen molar-refractivity contribution < 1.29 is 39.5 Å². The van der Waals surface area contributed by atoms with E-state index < -0.39 is 24.4 Å². The van der Waals surface area contributed by atoms with Gasteiger partial charge >= 0.3 is 18.3 Å². The highest BCUT2D eigenvalue weighted by Gasteiger charge is 2.70. The molecule has 0 saturated carbocycles. The van der Waals surface area contributed by atoms with Gasteiger partial charge in [-0.15, -0.1) is 0 Å². The summed E-state index contributed by atoms with van der Waals surface area (Å²) in [6.07, 6.45) is -18.0. The molecule has 0 N–H and O–H groups in total. The van der Waals surface area contributed by atoms with Crippen molar-refractivity contribution >= 4 is 0 Å². The SMILES string of the molecule is FC(C(F)(F)F)C(F)(F)C(F)(F)F. The summed E-state index contributed by atoms with van der Waals surface area (Å²) in [5, 5.41) is 0. The Kier molecular flexibility index (Phi) is 2.80. The zero-order valence-electron chi connectivity index (χ0n) is 5.48. The highest BCUT2D eigenvalue weighted by molar-refractivity contribution is 4.88. The van der Waals surface area contributed by atoms with Crippen molar-refractivity contribution in [3.8, 4) is 0 Å². The normalized spacial score (nSPS) is 17.3. The third-order valence-electron chi connectivity index (χ3n) is 0.984. The molecule has 0 spiro atoms. The summed E-state index contributed by atoms with van der Waals surface area (Å²) in [6, 6.07) is 0. The molecule has 0 aromatic carbocycles. The first-order chi connectivity index (χ1) is 5.40. The van der Waals surface area contributed by atoms with Gasteiger partial charge in [-0.1, -0.05) is 0 Å². The van der Waals surface area contributed by atoms with E-state index in [0.717, 1.165) is 0 Å². The maximum atomic E-state index is 11.6. The lowest BCUT2D eigenvalue weighted by atomic mass is 10.2. The van der Waals surface area contributed by atoms with Gasteiger partial charge in [0.2, 0.25) is 0 Å². The molecule has 0 aliphatic carbocycles. The van der Waals surface area contributed by atoms with Crippen LogP contribution in [0.4, 0.5) is 39.5 Å². The molecule has 0 nitrogen and oxygen atoms in total. The largest absolute Gasteiger partial charge is 0.456 e. The van der Waals surface area contributed by atoms with Gasteiger partial charge in [-0.3, -0.25) is 0 Å². The topological polar surface area (TPSA) is 0 Å². The second-order valence-electron chi connectivity index (χ2n) is 2.02. The van der Waals surface area contributed by atoms with E-state index in [4.69, 9.17) is 0 Å². The summed E-state index contributed by atoms with van der Waals surface area (Å²) in [5.74, 6) is -6.41. The first-order valence-corrected chi connectivity index (χ1v) is 2.56. The van der Waals surface area contributed by atoms with E-state index in [2.05, 4.69) is 0 Å². The second-order valence-corrected chi connectivity index (χ2v) is 2.02. The van der Waals surface area contributed by atoms with Crippen LogP contribution in [0.25, 0.3) is 0 Å². The maximum Gasteiger partial charge on any atom is 0.456 e. The Balaban J connectivity index is 4.86. The van der Waals surface area contributed by atoms with E-state index in [1.807, 2.05) is 0 Å². The van der Waals surface area contributed by atoms with Crippen LogP contribution >= 0.6 is 0 Å². The fourth-order valence-electron chi connectivity index (χ4n) is 0.349. The molecule has 1 atom stereocenters. The molecule has 0 bridgehead atoms. The molecule has 0 rings (SSSR count). The van der Waals surface area contributed by atoms with Gasteiger partial charge in [0.1, 0.15) is 0 Å². The van der Waals surface area contributed by atoms with Gasteiger partial charge in [0, 0.05) is 0 Å². The summed E-state index contributed by atoms with van der Waals surface area (Å²) in [6.45, 7) is 0. The third kappa shape index (κ3) is 2.41. The smallest absolute Gasteiger partial charge is 0.230 e. The summed E-state index contributed by atoms with van der Waals surface area (Å²) in [7, 11) is 0. The Bertz CT molecular complexity index is 173. The molecule has 0 aromatic rings. The molecular formula is C4HF9.